The molecule has 4 rings (SSSR count). The van der Waals surface area contributed by atoms with E-state index in [0.29, 0.717) is 0 Å². The van der Waals surface area contributed by atoms with Gasteiger partial charge in [0.1, 0.15) is 0 Å². The second kappa shape index (κ2) is 8.17. The van der Waals surface area contributed by atoms with Gasteiger partial charge in [0, 0.05) is 16.2 Å². The average molecular weight is 388 g/mol. The van der Waals surface area contributed by atoms with Crippen LogP contribution in [0, 0.1) is 6.92 Å². The summed E-state index contributed by atoms with van der Waals surface area (Å²) in [6, 6.07) is 29.2. The van der Waals surface area contributed by atoms with Gasteiger partial charge in [0.15, 0.2) is 0 Å². The Balaban J connectivity index is 1.82. The van der Waals surface area contributed by atoms with Crippen LogP contribution in [-0.2, 0) is 10.8 Å². The van der Waals surface area contributed by atoms with E-state index in [1.165, 1.54) is 21.5 Å². The Bertz CT molecular complexity index is 966. The van der Waals surface area contributed by atoms with E-state index >= 15 is 0 Å². The topological polar surface area (TPSA) is 17.1 Å². The molecule has 0 N–H and O–H groups in total. The normalized spacial score (nSPS) is 14.7. The first-order valence-corrected chi connectivity index (χ1v) is 11.5. The predicted octanol–water partition coefficient (Wildman–Crippen LogP) is 5.41. The molecule has 3 aromatic rings. The van der Waals surface area contributed by atoms with Crippen molar-refractivity contribution in [3.8, 4) is 0 Å². The Morgan fingerprint density at radius 2 is 1.33 bits per heavy atom. The molecule has 3 aromatic carbocycles. The Morgan fingerprint density at radius 3 is 1.89 bits per heavy atom. The first-order chi connectivity index (χ1) is 13.2. The zero-order valence-corrected chi connectivity index (χ0v) is 16.9. The van der Waals surface area contributed by atoms with Crippen LogP contribution in [0.5, 0.6) is 0 Å². The highest BCUT2D eigenvalue weighted by atomic mass is 32.2. The highest BCUT2D eigenvalue weighted by molar-refractivity contribution is 7.90. The van der Waals surface area contributed by atoms with Crippen LogP contribution in [0.25, 0.3) is 0 Å². The quantitative estimate of drug-likeness (QED) is 0.535. The molecule has 0 radical (unpaired) electrons. The minimum atomic E-state index is -1.13. The molecule has 0 aromatic heterocycles. The Hall–Kier alpha value is -2.28. The van der Waals surface area contributed by atoms with Crippen molar-refractivity contribution in [1.29, 1.82) is 0 Å². The Kier molecular flexibility index (Phi) is 5.48. The van der Waals surface area contributed by atoms with Gasteiger partial charge in [-0.25, -0.2) is 4.21 Å². The van der Waals surface area contributed by atoms with Gasteiger partial charge in [-0.1, -0.05) is 90.5 Å². The maximum atomic E-state index is 13.4. The van der Waals surface area contributed by atoms with Gasteiger partial charge in [0.2, 0.25) is 0 Å². The highest BCUT2D eigenvalue weighted by Gasteiger charge is 2.25. The van der Waals surface area contributed by atoms with Crippen LogP contribution in [-0.4, -0.2) is 4.21 Å². The summed E-state index contributed by atoms with van der Waals surface area (Å²) in [5, 5.41) is 3.80. The van der Waals surface area contributed by atoms with Crippen molar-refractivity contribution in [2.75, 3.05) is 0 Å². The summed E-state index contributed by atoms with van der Waals surface area (Å²) in [5.74, 6) is 0. The molecule has 0 saturated carbocycles. The summed E-state index contributed by atoms with van der Waals surface area (Å²) in [6.45, 7) is 2.05. The van der Waals surface area contributed by atoms with E-state index in [9.17, 15) is 4.21 Å². The molecule has 0 aliphatic heterocycles. The Labute approximate surface area is 164 Å². The van der Waals surface area contributed by atoms with Gasteiger partial charge < -0.3 is 0 Å². The molecule has 0 saturated heterocycles. The van der Waals surface area contributed by atoms with Gasteiger partial charge in [-0.15, -0.1) is 0 Å². The molecule has 0 bridgehead atoms. The molecule has 0 heterocycles. The van der Waals surface area contributed by atoms with Gasteiger partial charge >= 0.3 is 0 Å². The van der Waals surface area contributed by atoms with Gasteiger partial charge in [-0.05, 0) is 42.9 Å². The van der Waals surface area contributed by atoms with Crippen molar-refractivity contribution in [3.05, 3.63) is 113 Å². The summed E-state index contributed by atoms with van der Waals surface area (Å²) in [5.41, 5.74) is 1.19. The standard InChI is InChI=1S/C24H21OPS/c1-19-15-17-22(18-16-19)27(25)24-14-8-13-23(24)26(20-9-4-2-5-10-20)21-11-6-3-7-12-21/h2-13,15-18H,14H2,1H3. The fourth-order valence-electron chi connectivity index (χ4n) is 3.23. The Morgan fingerprint density at radius 1 is 0.778 bits per heavy atom. The lowest BCUT2D eigenvalue weighted by Crippen LogP contribution is -2.13. The van der Waals surface area contributed by atoms with Gasteiger partial charge in [-0.2, -0.15) is 0 Å². The van der Waals surface area contributed by atoms with Crippen LogP contribution in [0.15, 0.2) is 112 Å². The number of aryl methyl sites for hydroxylation is 1. The highest BCUT2D eigenvalue weighted by Crippen LogP contribution is 2.49. The van der Waals surface area contributed by atoms with Crippen molar-refractivity contribution in [2.45, 2.75) is 18.2 Å². The van der Waals surface area contributed by atoms with Crippen LogP contribution < -0.4 is 10.6 Å². The monoisotopic (exact) mass is 388 g/mol. The van der Waals surface area contributed by atoms with Crippen molar-refractivity contribution in [1.82, 2.24) is 0 Å². The zero-order chi connectivity index (χ0) is 18.6. The predicted molar refractivity (Wildman–Crippen MR) is 117 cm³/mol. The van der Waals surface area contributed by atoms with Crippen LogP contribution in [0.2, 0.25) is 0 Å². The SMILES string of the molecule is Cc1ccc(S(=O)C2=C(P(c3ccccc3)c3ccccc3)C=CC2)cc1. The molecule has 1 aliphatic carbocycles. The molecular formula is C24H21OPS. The van der Waals surface area contributed by atoms with Crippen molar-refractivity contribution in [2.24, 2.45) is 0 Å². The summed E-state index contributed by atoms with van der Waals surface area (Å²) >= 11 is 0. The minimum Gasteiger partial charge on any atom is -0.249 e. The fraction of sp³-hybridized carbons (Fsp3) is 0.0833. The molecule has 1 nitrogen and oxygen atoms in total. The number of hydrogen-bond acceptors (Lipinski definition) is 1. The van der Waals surface area contributed by atoms with E-state index in [1.54, 1.807) is 0 Å². The van der Waals surface area contributed by atoms with Crippen LogP contribution in [0.4, 0.5) is 0 Å². The number of hydrogen-bond donors (Lipinski definition) is 0. The summed E-state index contributed by atoms with van der Waals surface area (Å²) in [4.78, 5) is 1.92. The third kappa shape index (κ3) is 3.88. The molecule has 1 atom stereocenters. The second-order valence-electron chi connectivity index (χ2n) is 6.50. The van der Waals surface area contributed by atoms with Crippen molar-refractivity contribution >= 4 is 29.3 Å². The number of allylic oxidation sites excluding steroid dienone is 4. The lowest BCUT2D eigenvalue weighted by Gasteiger charge is -2.21. The summed E-state index contributed by atoms with van der Waals surface area (Å²) in [6.07, 6.45) is 5.10. The van der Waals surface area contributed by atoms with E-state index in [4.69, 9.17) is 0 Å². The summed E-state index contributed by atoms with van der Waals surface area (Å²) < 4.78 is 13.4. The molecule has 0 amide bonds. The lowest BCUT2D eigenvalue weighted by atomic mass is 10.2. The number of benzene rings is 3. The van der Waals surface area contributed by atoms with Gasteiger partial charge in [-0.3, -0.25) is 0 Å². The fourth-order valence-corrected chi connectivity index (χ4v) is 7.32. The van der Waals surface area contributed by atoms with Gasteiger partial charge in [0.05, 0.1) is 10.8 Å². The zero-order valence-electron chi connectivity index (χ0n) is 15.2. The smallest absolute Gasteiger partial charge is 0.0818 e. The number of rotatable bonds is 5. The summed E-state index contributed by atoms with van der Waals surface area (Å²) in [7, 11) is -1.85. The van der Waals surface area contributed by atoms with E-state index in [-0.39, 0.29) is 0 Å². The first-order valence-electron chi connectivity index (χ1n) is 9.02. The van der Waals surface area contributed by atoms with E-state index in [2.05, 4.69) is 67.6 Å². The van der Waals surface area contributed by atoms with E-state index in [0.717, 1.165) is 16.2 Å². The molecule has 134 valence electrons. The molecular weight excluding hydrogens is 367 g/mol. The second-order valence-corrected chi connectivity index (χ2v) is 10.2. The average Bonchev–Trinajstić information content (AvgIpc) is 3.19. The van der Waals surface area contributed by atoms with E-state index in [1.807, 2.05) is 36.4 Å². The van der Waals surface area contributed by atoms with E-state index < -0.39 is 18.7 Å². The van der Waals surface area contributed by atoms with Crippen molar-refractivity contribution < 1.29 is 4.21 Å². The third-order valence-electron chi connectivity index (χ3n) is 4.59. The molecule has 0 fully saturated rings. The molecule has 0 spiro atoms. The van der Waals surface area contributed by atoms with Crippen LogP contribution in [0.3, 0.4) is 0 Å². The maximum Gasteiger partial charge on any atom is 0.0818 e. The van der Waals surface area contributed by atoms with Crippen molar-refractivity contribution in [3.63, 3.8) is 0 Å². The molecule has 27 heavy (non-hydrogen) atoms. The minimum absolute atomic E-state index is 0.721. The molecule has 1 aliphatic rings. The molecule has 3 heteroatoms. The van der Waals surface area contributed by atoms with Crippen LogP contribution >= 0.6 is 7.92 Å². The van der Waals surface area contributed by atoms with Crippen LogP contribution in [0.1, 0.15) is 12.0 Å². The third-order valence-corrected chi connectivity index (χ3v) is 8.81. The molecule has 1 unspecified atom stereocenters. The first kappa shape index (κ1) is 18.1. The lowest BCUT2D eigenvalue weighted by molar-refractivity contribution is 0.686. The maximum absolute atomic E-state index is 13.4. The largest absolute Gasteiger partial charge is 0.249 e. The van der Waals surface area contributed by atoms with Gasteiger partial charge in [0.25, 0.3) is 0 Å².